The summed E-state index contributed by atoms with van der Waals surface area (Å²) in [6, 6.07) is 8.65. The number of carbonyl (C=O) groups is 2. The van der Waals surface area contributed by atoms with Crippen LogP contribution in [0.2, 0.25) is 0 Å². The number of piperidine rings is 1. The summed E-state index contributed by atoms with van der Waals surface area (Å²) in [5, 5.41) is 14.1. The smallest absolute Gasteiger partial charge is 0.416 e. The van der Waals surface area contributed by atoms with E-state index in [4.69, 9.17) is 0 Å². The van der Waals surface area contributed by atoms with Gasteiger partial charge in [-0.2, -0.15) is 13.2 Å². The van der Waals surface area contributed by atoms with E-state index in [2.05, 4.69) is 10.1 Å². The quantitative estimate of drug-likeness (QED) is 0.414. The summed E-state index contributed by atoms with van der Waals surface area (Å²) in [6.07, 6.45) is -3.92. The van der Waals surface area contributed by atoms with E-state index in [9.17, 15) is 32.9 Å². The maximum atomic E-state index is 12.9. The highest BCUT2D eigenvalue weighted by molar-refractivity contribution is 5.94. The Balaban J connectivity index is 1.64. The highest BCUT2D eigenvalue weighted by Gasteiger charge is 2.35. The molecule has 0 spiro atoms. The second-order valence-corrected chi connectivity index (χ2v) is 7.28. The predicted molar refractivity (Wildman–Crippen MR) is 109 cm³/mol. The Bertz CT molecular complexity index is 1020. The van der Waals surface area contributed by atoms with Gasteiger partial charge in [0.1, 0.15) is 5.69 Å². The van der Waals surface area contributed by atoms with Gasteiger partial charge in [-0.25, -0.2) is 4.79 Å². The van der Waals surface area contributed by atoms with Gasteiger partial charge < -0.3 is 15.0 Å². The SMILES string of the molecule is COC(=O)c1ccc(NC(=O)C2CCN(c3ccc(C(F)(F)F)cc3[N+](=O)[O-])CC2)cc1. The van der Waals surface area contributed by atoms with Gasteiger partial charge in [-0.05, 0) is 49.2 Å². The van der Waals surface area contributed by atoms with Crippen molar-refractivity contribution in [3.63, 3.8) is 0 Å². The van der Waals surface area contributed by atoms with Gasteiger partial charge in [-0.15, -0.1) is 0 Å². The first-order valence-electron chi connectivity index (χ1n) is 9.70. The Labute approximate surface area is 181 Å². The number of hydrogen-bond acceptors (Lipinski definition) is 6. The molecule has 1 N–H and O–H groups in total. The molecule has 1 saturated heterocycles. The fourth-order valence-electron chi connectivity index (χ4n) is 3.55. The van der Waals surface area contributed by atoms with E-state index < -0.39 is 28.3 Å². The zero-order valence-corrected chi connectivity index (χ0v) is 17.0. The van der Waals surface area contributed by atoms with Crippen LogP contribution in [0.15, 0.2) is 42.5 Å². The summed E-state index contributed by atoms with van der Waals surface area (Å²) < 4.78 is 43.3. The van der Waals surface area contributed by atoms with Crippen LogP contribution in [0, 0.1) is 16.0 Å². The van der Waals surface area contributed by atoms with Crippen molar-refractivity contribution >= 4 is 28.9 Å². The van der Waals surface area contributed by atoms with Crippen molar-refractivity contribution in [2.75, 3.05) is 30.4 Å². The van der Waals surface area contributed by atoms with E-state index in [-0.39, 0.29) is 30.6 Å². The minimum atomic E-state index is -4.68. The summed E-state index contributed by atoms with van der Waals surface area (Å²) in [4.78, 5) is 36.1. The van der Waals surface area contributed by atoms with Gasteiger partial charge >= 0.3 is 12.1 Å². The molecule has 170 valence electrons. The van der Waals surface area contributed by atoms with Crippen LogP contribution in [0.5, 0.6) is 0 Å². The summed E-state index contributed by atoms with van der Waals surface area (Å²) in [5.74, 6) is -1.09. The average molecular weight is 451 g/mol. The highest BCUT2D eigenvalue weighted by Crippen LogP contribution is 2.37. The number of nitrogens with one attached hydrogen (secondary N) is 1. The molecule has 3 rings (SSSR count). The zero-order chi connectivity index (χ0) is 23.5. The number of carbonyl (C=O) groups excluding carboxylic acids is 2. The van der Waals surface area contributed by atoms with E-state index in [1.54, 1.807) is 17.0 Å². The lowest BCUT2D eigenvalue weighted by Gasteiger charge is -2.32. The molecule has 2 aromatic carbocycles. The molecule has 0 aliphatic carbocycles. The largest absolute Gasteiger partial charge is 0.465 e. The number of rotatable bonds is 5. The molecule has 1 aliphatic rings. The number of amides is 1. The number of hydrogen-bond donors (Lipinski definition) is 1. The third kappa shape index (κ3) is 5.16. The number of anilines is 2. The average Bonchev–Trinajstić information content (AvgIpc) is 2.78. The molecular formula is C21H20F3N3O5. The van der Waals surface area contributed by atoms with Crippen LogP contribution in [-0.4, -0.2) is 37.0 Å². The first-order chi connectivity index (χ1) is 15.1. The number of halogens is 3. The Morgan fingerprint density at radius 3 is 2.28 bits per heavy atom. The minimum absolute atomic E-state index is 0.0975. The van der Waals surface area contributed by atoms with E-state index in [0.29, 0.717) is 30.2 Å². The summed E-state index contributed by atoms with van der Waals surface area (Å²) in [7, 11) is 1.27. The molecular weight excluding hydrogens is 431 g/mol. The lowest BCUT2D eigenvalue weighted by Crippen LogP contribution is -2.38. The van der Waals surface area contributed by atoms with Crippen LogP contribution < -0.4 is 10.2 Å². The molecule has 32 heavy (non-hydrogen) atoms. The van der Waals surface area contributed by atoms with E-state index in [1.165, 1.54) is 19.2 Å². The normalized spacial score (nSPS) is 14.7. The highest BCUT2D eigenvalue weighted by atomic mass is 19.4. The first kappa shape index (κ1) is 23.0. The van der Waals surface area contributed by atoms with E-state index >= 15 is 0 Å². The number of nitro groups is 1. The first-order valence-corrected chi connectivity index (χ1v) is 9.70. The Morgan fingerprint density at radius 1 is 1.12 bits per heavy atom. The van der Waals surface area contributed by atoms with Crippen LogP contribution in [0.4, 0.5) is 30.2 Å². The molecule has 1 aliphatic heterocycles. The number of esters is 1. The minimum Gasteiger partial charge on any atom is -0.465 e. The number of methoxy groups -OCH3 is 1. The van der Waals surface area contributed by atoms with Crippen molar-refractivity contribution in [2.45, 2.75) is 19.0 Å². The third-order valence-corrected chi connectivity index (χ3v) is 5.28. The Hall–Kier alpha value is -3.63. The van der Waals surface area contributed by atoms with Gasteiger partial charge in [-0.3, -0.25) is 14.9 Å². The second-order valence-electron chi connectivity index (χ2n) is 7.28. The van der Waals surface area contributed by atoms with Gasteiger partial charge in [0.25, 0.3) is 5.69 Å². The molecule has 0 unspecified atom stereocenters. The molecule has 1 heterocycles. The molecule has 0 atom stereocenters. The van der Waals surface area contributed by atoms with E-state index in [0.717, 1.165) is 12.1 Å². The van der Waals surface area contributed by atoms with Crippen LogP contribution >= 0.6 is 0 Å². The Morgan fingerprint density at radius 2 is 1.75 bits per heavy atom. The number of nitro benzene ring substituents is 1. The molecule has 8 nitrogen and oxygen atoms in total. The lowest BCUT2D eigenvalue weighted by molar-refractivity contribution is -0.384. The van der Waals surface area contributed by atoms with Crippen LogP contribution in [0.3, 0.4) is 0 Å². The van der Waals surface area contributed by atoms with Crippen molar-refractivity contribution < 1.29 is 32.4 Å². The maximum Gasteiger partial charge on any atom is 0.416 e. The van der Waals surface area contributed by atoms with Crippen molar-refractivity contribution in [2.24, 2.45) is 5.92 Å². The molecule has 1 fully saturated rings. The van der Waals surface area contributed by atoms with Gasteiger partial charge in [-0.1, -0.05) is 0 Å². The van der Waals surface area contributed by atoms with E-state index in [1.807, 2.05) is 0 Å². The Kier molecular flexibility index (Phi) is 6.66. The maximum absolute atomic E-state index is 12.9. The molecule has 1 amide bonds. The number of benzene rings is 2. The number of nitrogens with zero attached hydrogens (tertiary/aromatic N) is 2. The van der Waals surface area contributed by atoms with Gasteiger partial charge in [0.05, 0.1) is 23.2 Å². The summed E-state index contributed by atoms with van der Waals surface area (Å²) in [6.45, 7) is 0.567. The zero-order valence-electron chi connectivity index (χ0n) is 17.0. The molecule has 0 aromatic heterocycles. The summed E-state index contributed by atoms with van der Waals surface area (Å²) >= 11 is 0. The molecule has 0 radical (unpaired) electrons. The lowest BCUT2D eigenvalue weighted by atomic mass is 9.95. The fraction of sp³-hybridized carbons (Fsp3) is 0.333. The number of alkyl halides is 3. The monoisotopic (exact) mass is 451 g/mol. The molecule has 0 saturated carbocycles. The van der Waals surface area contributed by atoms with Crippen molar-refractivity contribution in [1.82, 2.24) is 0 Å². The van der Waals surface area contributed by atoms with Crippen molar-refractivity contribution in [1.29, 1.82) is 0 Å². The third-order valence-electron chi connectivity index (χ3n) is 5.28. The fourth-order valence-corrected chi connectivity index (χ4v) is 3.55. The molecule has 11 heteroatoms. The van der Waals surface area contributed by atoms with Crippen LogP contribution in [-0.2, 0) is 15.7 Å². The van der Waals surface area contributed by atoms with Crippen molar-refractivity contribution in [3.8, 4) is 0 Å². The molecule has 0 bridgehead atoms. The van der Waals surface area contributed by atoms with Crippen molar-refractivity contribution in [3.05, 3.63) is 63.7 Å². The van der Waals surface area contributed by atoms with Crippen LogP contribution in [0.1, 0.15) is 28.8 Å². The standard InChI is InChI=1S/C21H20F3N3O5/c1-32-20(29)14-2-5-16(6-3-14)25-19(28)13-8-10-26(11-9-13)17-7-4-15(21(22,23)24)12-18(17)27(30)31/h2-7,12-13H,8-11H2,1H3,(H,25,28). The second kappa shape index (κ2) is 9.25. The van der Waals surface area contributed by atoms with Gasteiger partial charge in [0.15, 0.2) is 0 Å². The number of ether oxygens (including phenoxy) is 1. The summed E-state index contributed by atoms with van der Waals surface area (Å²) in [5.41, 5.74) is -0.755. The molecule has 2 aromatic rings. The van der Waals surface area contributed by atoms with Gasteiger partial charge in [0, 0.05) is 30.8 Å². The van der Waals surface area contributed by atoms with Gasteiger partial charge in [0.2, 0.25) is 5.91 Å². The van der Waals surface area contributed by atoms with Crippen LogP contribution in [0.25, 0.3) is 0 Å². The predicted octanol–water partition coefficient (Wildman–Crippen LogP) is 4.26. The topological polar surface area (TPSA) is 102 Å².